The van der Waals surface area contributed by atoms with Crippen molar-refractivity contribution in [2.45, 2.75) is 40.2 Å². The van der Waals surface area contributed by atoms with Gasteiger partial charge in [0.05, 0.1) is 6.20 Å². The van der Waals surface area contributed by atoms with Crippen LogP contribution in [0.15, 0.2) is 30.6 Å². The monoisotopic (exact) mass is 286 g/mol. The van der Waals surface area contributed by atoms with Gasteiger partial charge in [-0.25, -0.2) is 0 Å². The van der Waals surface area contributed by atoms with E-state index < -0.39 is 5.97 Å². The first kappa shape index (κ1) is 15.3. The highest BCUT2D eigenvalue weighted by molar-refractivity contribution is 5.68. The standard InChI is InChI=1S/C17H22N2O2/c1-12(2)10-19-11-15(9-18-19)16-6-4-14(8-13(16)3)5-7-17(20)21/h4,6,8-9,11-12H,5,7,10H2,1-3H3,(H,20,21). The highest BCUT2D eigenvalue weighted by Gasteiger charge is 2.07. The van der Waals surface area contributed by atoms with E-state index in [9.17, 15) is 4.79 Å². The molecule has 0 atom stereocenters. The second-order valence-electron chi connectivity index (χ2n) is 5.89. The fourth-order valence-corrected chi connectivity index (χ4v) is 2.43. The van der Waals surface area contributed by atoms with Crippen molar-refractivity contribution in [3.63, 3.8) is 0 Å². The van der Waals surface area contributed by atoms with Crippen LogP contribution < -0.4 is 0 Å². The number of carboxylic acid groups (broad SMARTS) is 1. The second-order valence-corrected chi connectivity index (χ2v) is 5.89. The number of aliphatic carboxylic acids is 1. The molecule has 0 radical (unpaired) electrons. The predicted octanol–water partition coefficient (Wildman–Crippen LogP) is 3.53. The molecule has 0 bridgehead atoms. The van der Waals surface area contributed by atoms with Crippen LogP contribution in [0.3, 0.4) is 0 Å². The Morgan fingerprint density at radius 1 is 1.38 bits per heavy atom. The first-order valence-corrected chi connectivity index (χ1v) is 7.30. The lowest BCUT2D eigenvalue weighted by molar-refractivity contribution is -0.136. The number of hydrogen-bond donors (Lipinski definition) is 1. The van der Waals surface area contributed by atoms with Gasteiger partial charge in [-0.2, -0.15) is 5.10 Å². The lowest BCUT2D eigenvalue weighted by Crippen LogP contribution is -2.04. The lowest BCUT2D eigenvalue weighted by atomic mass is 9.99. The van der Waals surface area contributed by atoms with Crippen LogP contribution in [-0.4, -0.2) is 20.9 Å². The Kier molecular flexibility index (Phi) is 4.78. The van der Waals surface area contributed by atoms with E-state index in [0.29, 0.717) is 12.3 Å². The lowest BCUT2D eigenvalue weighted by Gasteiger charge is -2.07. The first-order valence-electron chi connectivity index (χ1n) is 7.30. The fraction of sp³-hybridized carbons (Fsp3) is 0.412. The third-order valence-electron chi connectivity index (χ3n) is 3.41. The second kappa shape index (κ2) is 6.57. The molecule has 0 fully saturated rings. The van der Waals surface area contributed by atoms with E-state index in [2.05, 4.69) is 44.2 Å². The number of carbonyl (C=O) groups is 1. The van der Waals surface area contributed by atoms with Gasteiger partial charge in [0.2, 0.25) is 0 Å². The minimum Gasteiger partial charge on any atom is -0.481 e. The minimum absolute atomic E-state index is 0.172. The van der Waals surface area contributed by atoms with Crippen LogP contribution >= 0.6 is 0 Å². The van der Waals surface area contributed by atoms with Gasteiger partial charge in [-0.05, 0) is 36.0 Å². The van der Waals surface area contributed by atoms with Gasteiger partial charge < -0.3 is 5.11 Å². The van der Waals surface area contributed by atoms with Gasteiger partial charge in [0.1, 0.15) is 0 Å². The molecule has 1 N–H and O–H groups in total. The molecule has 1 aromatic heterocycles. The molecule has 0 aliphatic carbocycles. The normalized spacial score (nSPS) is 11.0. The summed E-state index contributed by atoms with van der Waals surface area (Å²) in [6, 6.07) is 6.13. The Labute approximate surface area is 125 Å². The van der Waals surface area contributed by atoms with Crippen molar-refractivity contribution < 1.29 is 9.90 Å². The van der Waals surface area contributed by atoms with E-state index in [1.54, 1.807) is 0 Å². The summed E-state index contributed by atoms with van der Waals surface area (Å²) in [5.74, 6) is -0.191. The molecule has 0 aliphatic heterocycles. The van der Waals surface area contributed by atoms with Crippen molar-refractivity contribution in [3.05, 3.63) is 41.7 Å². The minimum atomic E-state index is -0.758. The van der Waals surface area contributed by atoms with Gasteiger partial charge >= 0.3 is 5.97 Å². The fourth-order valence-electron chi connectivity index (χ4n) is 2.43. The maximum Gasteiger partial charge on any atom is 0.303 e. The molecule has 2 rings (SSSR count). The van der Waals surface area contributed by atoms with E-state index in [-0.39, 0.29) is 6.42 Å². The summed E-state index contributed by atoms with van der Waals surface area (Å²) in [4.78, 5) is 10.6. The van der Waals surface area contributed by atoms with E-state index in [0.717, 1.165) is 28.8 Å². The molecule has 21 heavy (non-hydrogen) atoms. The Balaban J connectivity index is 2.16. The average Bonchev–Trinajstić information content (AvgIpc) is 2.83. The molecule has 0 unspecified atom stereocenters. The van der Waals surface area contributed by atoms with Crippen molar-refractivity contribution in [2.75, 3.05) is 0 Å². The number of nitrogens with zero attached hydrogens (tertiary/aromatic N) is 2. The molecular weight excluding hydrogens is 264 g/mol. The van der Waals surface area contributed by atoms with Gasteiger partial charge in [0.25, 0.3) is 0 Å². The Morgan fingerprint density at radius 2 is 2.14 bits per heavy atom. The van der Waals surface area contributed by atoms with Crippen LogP contribution in [0.5, 0.6) is 0 Å². The summed E-state index contributed by atoms with van der Waals surface area (Å²) < 4.78 is 1.97. The van der Waals surface area contributed by atoms with Crippen LogP contribution in [0.25, 0.3) is 11.1 Å². The molecule has 1 aromatic carbocycles. The van der Waals surface area contributed by atoms with E-state index >= 15 is 0 Å². The number of aromatic nitrogens is 2. The molecule has 4 nitrogen and oxygen atoms in total. The van der Waals surface area contributed by atoms with Crippen molar-refractivity contribution in [3.8, 4) is 11.1 Å². The van der Waals surface area contributed by atoms with Crippen molar-refractivity contribution in [1.82, 2.24) is 9.78 Å². The highest BCUT2D eigenvalue weighted by Crippen LogP contribution is 2.24. The Hall–Kier alpha value is -2.10. The third-order valence-corrected chi connectivity index (χ3v) is 3.41. The summed E-state index contributed by atoms with van der Waals surface area (Å²) >= 11 is 0. The smallest absolute Gasteiger partial charge is 0.303 e. The van der Waals surface area contributed by atoms with Gasteiger partial charge in [-0.1, -0.05) is 32.0 Å². The zero-order chi connectivity index (χ0) is 15.4. The van der Waals surface area contributed by atoms with Gasteiger partial charge in [-0.3, -0.25) is 9.48 Å². The average molecular weight is 286 g/mol. The molecule has 0 amide bonds. The number of benzene rings is 1. The summed E-state index contributed by atoms with van der Waals surface area (Å²) in [6.07, 6.45) is 4.70. The van der Waals surface area contributed by atoms with Crippen LogP contribution in [0, 0.1) is 12.8 Å². The molecule has 0 saturated carbocycles. The van der Waals surface area contributed by atoms with Gasteiger partial charge in [0, 0.05) is 24.7 Å². The third kappa shape index (κ3) is 4.18. The molecule has 112 valence electrons. The molecule has 2 aromatic rings. The quantitative estimate of drug-likeness (QED) is 0.883. The molecule has 4 heteroatoms. The van der Waals surface area contributed by atoms with Crippen LogP contribution in [-0.2, 0) is 17.8 Å². The number of aryl methyl sites for hydroxylation is 2. The van der Waals surface area contributed by atoms with E-state index in [1.165, 1.54) is 0 Å². The maximum atomic E-state index is 10.6. The van der Waals surface area contributed by atoms with E-state index in [1.807, 2.05) is 16.9 Å². The number of carboxylic acids is 1. The largest absolute Gasteiger partial charge is 0.481 e. The van der Waals surface area contributed by atoms with Crippen LogP contribution in [0.2, 0.25) is 0 Å². The first-order chi connectivity index (χ1) is 9.95. The Morgan fingerprint density at radius 3 is 2.76 bits per heavy atom. The summed E-state index contributed by atoms with van der Waals surface area (Å²) in [5.41, 5.74) is 4.48. The predicted molar refractivity (Wildman–Crippen MR) is 83.2 cm³/mol. The number of rotatable bonds is 6. The molecule has 0 spiro atoms. The Bertz CT molecular complexity index is 629. The van der Waals surface area contributed by atoms with E-state index in [4.69, 9.17) is 5.11 Å². The molecule has 0 saturated heterocycles. The summed E-state index contributed by atoms with van der Waals surface area (Å²) in [6.45, 7) is 7.31. The summed E-state index contributed by atoms with van der Waals surface area (Å²) in [5, 5.41) is 13.1. The zero-order valence-electron chi connectivity index (χ0n) is 12.8. The topological polar surface area (TPSA) is 55.1 Å². The zero-order valence-corrected chi connectivity index (χ0v) is 12.8. The van der Waals surface area contributed by atoms with Crippen molar-refractivity contribution in [2.24, 2.45) is 5.92 Å². The molecule has 1 heterocycles. The molecule has 0 aliphatic rings. The van der Waals surface area contributed by atoms with Crippen molar-refractivity contribution in [1.29, 1.82) is 0 Å². The van der Waals surface area contributed by atoms with Gasteiger partial charge in [0.15, 0.2) is 0 Å². The maximum absolute atomic E-state index is 10.6. The van der Waals surface area contributed by atoms with Crippen molar-refractivity contribution >= 4 is 5.97 Å². The SMILES string of the molecule is Cc1cc(CCC(=O)O)ccc1-c1cnn(CC(C)C)c1. The van der Waals surface area contributed by atoms with Gasteiger partial charge in [-0.15, -0.1) is 0 Å². The van der Waals surface area contributed by atoms with Crippen LogP contribution in [0.4, 0.5) is 0 Å². The molecular formula is C17H22N2O2. The number of hydrogen-bond acceptors (Lipinski definition) is 2. The summed E-state index contributed by atoms with van der Waals surface area (Å²) in [7, 11) is 0. The highest BCUT2D eigenvalue weighted by atomic mass is 16.4. The van der Waals surface area contributed by atoms with Crippen LogP contribution in [0.1, 0.15) is 31.4 Å².